The summed E-state index contributed by atoms with van der Waals surface area (Å²) in [5.74, 6) is -6.94. The number of sulfone groups is 1. The largest absolute Gasteiger partial charge is 0.392 e. The first-order valence-corrected chi connectivity index (χ1v) is 14.3. The van der Waals surface area contributed by atoms with Crippen molar-refractivity contribution in [1.82, 2.24) is 5.32 Å². The van der Waals surface area contributed by atoms with Gasteiger partial charge in [0.15, 0.2) is 27.3 Å². The molecule has 0 heterocycles. The molecule has 2 fully saturated rings. The molecule has 0 saturated heterocycles. The summed E-state index contributed by atoms with van der Waals surface area (Å²) in [6, 6.07) is 4.70. The Kier molecular flexibility index (Phi) is 8.32. The van der Waals surface area contributed by atoms with E-state index in [1.54, 1.807) is 0 Å². The van der Waals surface area contributed by atoms with Crippen molar-refractivity contribution in [1.29, 1.82) is 0 Å². The first-order chi connectivity index (χ1) is 18.2. The molecule has 4 rings (SSSR count). The number of carbonyl (C=O) groups excluding carboxylic acids is 2. The number of rotatable bonds is 8. The van der Waals surface area contributed by atoms with Crippen LogP contribution in [0.2, 0.25) is 5.02 Å². The van der Waals surface area contributed by atoms with Gasteiger partial charge in [-0.05, 0) is 62.6 Å². The van der Waals surface area contributed by atoms with Gasteiger partial charge in [0.05, 0.1) is 33.3 Å². The van der Waals surface area contributed by atoms with Crippen molar-refractivity contribution in [2.75, 3.05) is 11.9 Å². The lowest BCUT2D eigenvalue weighted by Crippen LogP contribution is -2.51. The molecule has 2 aliphatic rings. The average Bonchev–Trinajstić information content (AvgIpc) is 3.01. The Labute approximate surface area is 228 Å². The van der Waals surface area contributed by atoms with Gasteiger partial charge in [-0.3, -0.25) is 9.59 Å². The van der Waals surface area contributed by atoms with E-state index in [2.05, 4.69) is 10.6 Å². The molecular weight excluding hydrogens is 561 g/mol. The highest BCUT2D eigenvalue weighted by molar-refractivity contribution is 7.92. The summed E-state index contributed by atoms with van der Waals surface area (Å²) >= 11 is 6.22. The number of aliphatic hydroxyl groups excluding tert-OH is 1. The number of halogens is 4. The van der Waals surface area contributed by atoms with Gasteiger partial charge < -0.3 is 20.8 Å². The van der Waals surface area contributed by atoms with Crippen LogP contribution in [-0.2, 0) is 14.6 Å². The highest BCUT2D eigenvalue weighted by Gasteiger charge is 2.56. The van der Waals surface area contributed by atoms with Crippen LogP contribution in [0.15, 0.2) is 35.2 Å². The van der Waals surface area contributed by atoms with Crippen LogP contribution in [0.1, 0.15) is 49.4 Å². The minimum Gasteiger partial charge on any atom is -0.392 e. The molecule has 13 heteroatoms. The van der Waals surface area contributed by atoms with Crippen molar-refractivity contribution in [2.45, 2.75) is 60.9 Å². The first kappa shape index (κ1) is 29.3. The molecule has 3 atom stereocenters. The van der Waals surface area contributed by atoms with E-state index in [0.29, 0.717) is 25.0 Å². The monoisotopic (exact) mass is 588 g/mol. The zero-order valence-corrected chi connectivity index (χ0v) is 22.5. The predicted octanol–water partition coefficient (Wildman–Crippen LogP) is 3.59. The third-order valence-corrected chi connectivity index (χ3v) is 10.2. The number of hydrogen-bond donors (Lipinski definition) is 4. The summed E-state index contributed by atoms with van der Waals surface area (Å²) in [6.45, 7) is 1.55. The zero-order chi connectivity index (χ0) is 28.7. The topological polar surface area (TPSA) is 133 Å². The minimum atomic E-state index is -4.09. The number of anilines is 1. The third-order valence-electron chi connectivity index (χ3n) is 7.59. The predicted molar refractivity (Wildman–Crippen MR) is 136 cm³/mol. The van der Waals surface area contributed by atoms with Crippen LogP contribution in [0, 0.1) is 29.3 Å². The normalized spacial score (nSPS) is 25.3. The highest BCUT2D eigenvalue weighted by atomic mass is 35.5. The number of nitrogens with one attached hydrogen (secondary N) is 2. The van der Waals surface area contributed by atoms with Crippen molar-refractivity contribution in [2.24, 2.45) is 11.8 Å². The summed E-state index contributed by atoms with van der Waals surface area (Å²) < 4.78 is 67.6. The summed E-state index contributed by atoms with van der Waals surface area (Å²) in [4.78, 5) is 24.8. The van der Waals surface area contributed by atoms with Gasteiger partial charge in [0, 0.05) is 29.9 Å². The van der Waals surface area contributed by atoms with E-state index >= 15 is 0 Å². The molecule has 2 aliphatic carbocycles. The minimum absolute atomic E-state index is 0.0364. The van der Waals surface area contributed by atoms with Gasteiger partial charge in [0.1, 0.15) is 0 Å². The summed E-state index contributed by atoms with van der Waals surface area (Å²) in [6.07, 6.45) is 0.292. The van der Waals surface area contributed by atoms with Crippen molar-refractivity contribution < 1.29 is 41.4 Å². The van der Waals surface area contributed by atoms with E-state index in [0.717, 1.165) is 6.07 Å². The van der Waals surface area contributed by atoms with E-state index in [4.69, 9.17) is 11.6 Å². The van der Waals surface area contributed by atoms with Crippen LogP contribution in [-0.4, -0.2) is 53.9 Å². The van der Waals surface area contributed by atoms with Crippen LogP contribution in [0.4, 0.5) is 18.9 Å². The van der Waals surface area contributed by atoms with Crippen LogP contribution in [0.5, 0.6) is 0 Å². The van der Waals surface area contributed by atoms with Crippen molar-refractivity contribution in [3.8, 4) is 0 Å². The molecule has 2 unspecified atom stereocenters. The number of aliphatic hydroxyl groups is 2. The molecule has 4 N–H and O–H groups in total. The van der Waals surface area contributed by atoms with Crippen LogP contribution >= 0.6 is 11.6 Å². The van der Waals surface area contributed by atoms with Crippen molar-refractivity contribution >= 4 is 38.9 Å². The fourth-order valence-corrected chi connectivity index (χ4v) is 8.01. The molecule has 2 bridgehead atoms. The maximum atomic E-state index is 13.7. The molecule has 0 radical (unpaired) electrons. The van der Waals surface area contributed by atoms with Gasteiger partial charge >= 0.3 is 0 Å². The number of benzene rings is 2. The SMILES string of the molecule is C[C@H](O)CNC(=O)CC1(O)C2CCC1CC(S(=O)(=O)c1cc(C(=O)Nc3cc(F)c(F)c(F)c3)ccc1Cl)C2. The molecule has 2 aromatic carbocycles. The lowest BCUT2D eigenvalue weighted by Gasteiger charge is -2.42. The Morgan fingerprint density at radius 1 is 1.10 bits per heavy atom. The second kappa shape index (κ2) is 11.1. The number of hydrogen-bond acceptors (Lipinski definition) is 6. The lowest BCUT2D eigenvalue weighted by atomic mass is 9.72. The summed E-state index contributed by atoms with van der Waals surface area (Å²) in [5.41, 5.74) is -1.90. The lowest BCUT2D eigenvalue weighted by molar-refractivity contribution is -0.133. The Morgan fingerprint density at radius 3 is 2.26 bits per heavy atom. The van der Waals surface area contributed by atoms with Gasteiger partial charge in [-0.15, -0.1) is 0 Å². The number of fused-ring (bicyclic) bond motifs is 2. The Morgan fingerprint density at radius 2 is 1.69 bits per heavy atom. The molecule has 0 spiro atoms. The summed E-state index contributed by atoms with van der Waals surface area (Å²) in [7, 11) is -4.09. The van der Waals surface area contributed by atoms with E-state index < -0.39 is 67.9 Å². The number of amides is 2. The van der Waals surface area contributed by atoms with E-state index in [1.807, 2.05) is 0 Å². The average molecular weight is 589 g/mol. The molecule has 8 nitrogen and oxygen atoms in total. The van der Waals surface area contributed by atoms with Crippen LogP contribution in [0.25, 0.3) is 0 Å². The van der Waals surface area contributed by atoms with Gasteiger partial charge in [-0.25, -0.2) is 21.6 Å². The zero-order valence-electron chi connectivity index (χ0n) is 20.9. The van der Waals surface area contributed by atoms with Crippen molar-refractivity contribution in [3.63, 3.8) is 0 Å². The quantitative estimate of drug-likeness (QED) is 0.349. The van der Waals surface area contributed by atoms with E-state index in [9.17, 15) is 41.4 Å². The van der Waals surface area contributed by atoms with Gasteiger partial charge in [-0.2, -0.15) is 0 Å². The van der Waals surface area contributed by atoms with Gasteiger partial charge in [0.25, 0.3) is 5.91 Å². The van der Waals surface area contributed by atoms with Crippen LogP contribution < -0.4 is 10.6 Å². The fraction of sp³-hybridized carbons (Fsp3) is 0.462. The Bertz CT molecular complexity index is 1370. The second-order valence-corrected chi connectivity index (χ2v) is 12.9. The smallest absolute Gasteiger partial charge is 0.255 e. The van der Waals surface area contributed by atoms with E-state index in [-0.39, 0.29) is 47.0 Å². The highest BCUT2D eigenvalue weighted by Crippen LogP contribution is 2.53. The maximum absolute atomic E-state index is 13.7. The van der Waals surface area contributed by atoms with Gasteiger partial charge in [-0.1, -0.05) is 11.6 Å². The molecular formula is C26H28ClF3N2O6S. The molecule has 0 aromatic heterocycles. The third kappa shape index (κ3) is 5.93. The molecule has 2 amide bonds. The number of carbonyl (C=O) groups is 2. The molecule has 212 valence electrons. The fourth-order valence-electron chi connectivity index (χ4n) is 5.61. The molecule has 39 heavy (non-hydrogen) atoms. The Hall–Kier alpha value is -2.67. The molecule has 2 saturated carbocycles. The van der Waals surface area contributed by atoms with Crippen molar-refractivity contribution in [3.05, 3.63) is 58.4 Å². The summed E-state index contributed by atoms with van der Waals surface area (Å²) in [5, 5.41) is 24.4. The van der Waals surface area contributed by atoms with Gasteiger partial charge in [0.2, 0.25) is 5.91 Å². The second-order valence-electron chi connectivity index (χ2n) is 10.3. The Balaban J connectivity index is 1.52. The maximum Gasteiger partial charge on any atom is 0.255 e. The molecule has 0 aliphatic heterocycles. The van der Waals surface area contributed by atoms with E-state index in [1.165, 1.54) is 19.1 Å². The first-order valence-electron chi connectivity index (χ1n) is 12.4. The standard InChI is InChI=1S/C26H28ClF3N2O6S/c1-13(33)12-31-23(34)11-26(36)15-3-4-16(26)8-18(7-15)39(37,38)22-6-14(2-5-19(22)27)25(35)32-17-9-20(28)24(30)21(29)10-17/h2,5-6,9-10,13,15-16,18,33,36H,3-4,7-8,11-12H2,1H3,(H,31,34)(H,32,35)/t13-,15?,16?,18?,26?/m0/s1. The van der Waals surface area contributed by atoms with Crippen LogP contribution in [0.3, 0.4) is 0 Å². The molecule has 2 aromatic rings.